The van der Waals surface area contributed by atoms with Crippen LogP contribution in [0.25, 0.3) is 0 Å². The largest absolute Gasteiger partial charge is 0.361 e. The van der Waals surface area contributed by atoms with Gasteiger partial charge in [-0.25, -0.2) is 10.2 Å². The Hall–Kier alpha value is -2.60. The van der Waals surface area contributed by atoms with Crippen LogP contribution in [0.1, 0.15) is 5.56 Å². The quantitative estimate of drug-likeness (QED) is 0.517. The van der Waals surface area contributed by atoms with Gasteiger partial charge in [-0.05, 0) is 36.3 Å². The molecule has 4 N–H and O–H groups in total. The minimum absolute atomic E-state index is 0.374. The lowest BCUT2D eigenvalue weighted by Gasteiger charge is -2.12. The molecule has 0 atom stereocenters. The lowest BCUT2D eigenvalue weighted by molar-refractivity contribution is 0.250. The van der Waals surface area contributed by atoms with Gasteiger partial charge >= 0.3 is 6.03 Å². The van der Waals surface area contributed by atoms with E-state index >= 15 is 0 Å². The first-order valence-corrected chi connectivity index (χ1v) is 7.34. The van der Waals surface area contributed by atoms with Gasteiger partial charge in [0.2, 0.25) is 0 Å². The van der Waals surface area contributed by atoms with Crippen LogP contribution in [0.3, 0.4) is 0 Å². The van der Waals surface area contributed by atoms with E-state index in [0.29, 0.717) is 17.3 Å². The number of nitrogens with one attached hydrogen (secondary N) is 4. The highest BCUT2D eigenvalue weighted by Crippen LogP contribution is 2.03. The monoisotopic (exact) mass is 314 g/mol. The minimum atomic E-state index is -0.376. The smallest absolute Gasteiger partial charge is 0.337 e. The fraction of sp³-hybridized carbons (Fsp3) is 0.125. The average Bonchev–Trinajstić information content (AvgIpc) is 2.55. The van der Waals surface area contributed by atoms with Gasteiger partial charge in [0, 0.05) is 12.2 Å². The molecule has 0 aliphatic rings. The zero-order valence-electron chi connectivity index (χ0n) is 12.0. The maximum Gasteiger partial charge on any atom is 0.337 e. The summed E-state index contributed by atoms with van der Waals surface area (Å²) in [5.74, 6) is 0. The highest BCUT2D eigenvalue weighted by Gasteiger charge is 2.01. The molecule has 0 saturated heterocycles. The molecule has 0 fully saturated rings. The number of carbonyl (C=O) groups is 1. The molecule has 2 amide bonds. The molecule has 0 bridgehead atoms. The van der Waals surface area contributed by atoms with E-state index in [0.717, 1.165) is 6.42 Å². The third-order valence-corrected chi connectivity index (χ3v) is 3.11. The molecule has 0 heterocycles. The maximum absolute atomic E-state index is 11.6. The topological polar surface area (TPSA) is 65.2 Å². The van der Waals surface area contributed by atoms with E-state index in [1.807, 2.05) is 36.4 Å². The molecular formula is C16H18N4OS. The molecule has 0 aromatic heterocycles. The molecule has 2 aromatic carbocycles. The Kier molecular flexibility index (Phi) is 6.19. The number of amides is 2. The van der Waals surface area contributed by atoms with Crippen LogP contribution >= 0.6 is 12.2 Å². The molecule has 0 aliphatic heterocycles. The highest BCUT2D eigenvalue weighted by molar-refractivity contribution is 7.80. The van der Waals surface area contributed by atoms with Crippen molar-refractivity contribution in [1.29, 1.82) is 0 Å². The van der Waals surface area contributed by atoms with Crippen molar-refractivity contribution < 1.29 is 4.79 Å². The zero-order chi connectivity index (χ0) is 15.6. The van der Waals surface area contributed by atoms with Crippen molar-refractivity contribution in [1.82, 2.24) is 16.2 Å². The van der Waals surface area contributed by atoms with Crippen molar-refractivity contribution >= 4 is 29.0 Å². The molecule has 114 valence electrons. The summed E-state index contributed by atoms with van der Waals surface area (Å²) in [5, 5.41) is 6.08. The number of hydrazine groups is 1. The van der Waals surface area contributed by atoms with Crippen molar-refractivity contribution in [2.75, 3.05) is 11.9 Å². The number of urea groups is 1. The average molecular weight is 314 g/mol. The Balaban J connectivity index is 1.62. The number of carbonyl (C=O) groups excluding carboxylic acids is 1. The molecular weight excluding hydrogens is 296 g/mol. The SMILES string of the molecule is O=C(NNC(=S)NCCc1ccccc1)Nc1ccccc1. The summed E-state index contributed by atoms with van der Waals surface area (Å²) in [6.45, 7) is 0.692. The molecule has 0 saturated carbocycles. The predicted molar refractivity (Wildman–Crippen MR) is 92.5 cm³/mol. The van der Waals surface area contributed by atoms with Crippen molar-refractivity contribution in [3.05, 3.63) is 66.2 Å². The van der Waals surface area contributed by atoms with Crippen molar-refractivity contribution in [2.45, 2.75) is 6.42 Å². The first-order valence-electron chi connectivity index (χ1n) is 6.94. The van der Waals surface area contributed by atoms with Gasteiger partial charge in [-0.3, -0.25) is 5.43 Å². The van der Waals surface area contributed by atoms with Crippen LogP contribution in [-0.2, 0) is 6.42 Å². The van der Waals surface area contributed by atoms with E-state index in [-0.39, 0.29) is 6.03 Å². The van der Waals surface area contributed by atoms with Gasteiger partial charge in [-0.15, -0.1) is 0 Å². The molecule has 0 aliphatic carbocycles. The third kappa shape index (κ3) is 5.80. The van der Waals surface area contributed by atoms with Crippen molar-refractivity contribution in [2.24, 2.45) is 0 Å². The fourth-order valence-electron chi connectivity index (χ4n) is 1.81. The van der Waals surface area contributed by atoms with Gasteiger partial charge < -0.3 is 10.6 Å². The second-order valence-corrected chi connectivity index (χ2v) is 4.97. The Labute approximate surface area is 135 Å². The summed E-state index contributed by atoms with van der Waals surface area (Å²) in [6.07, 6.45) is 0.860. The zero-order valence-corrected chi connectivity index (χ0v) is 12.8. The van der Waals surface area contributed by atoms with E-state index in [9.17, 15) is 4.79 Å². The fourth-order valence-corrected chi connectivity index (χ4v) is 1.96. The number of rotatable bonds is 4. The van der Waals surface area contributed by atoms with Crippen LogP contribution in [0.5, 0.6) is 0 Å². The van der Waals surface area contributed by atoms with Gasteiger partial charge in [0.15, 0.2) is 5.11 Å². The summed E-state index contributed by atoms with van der Waals surface area (Å²) < 4.78 is 0. The normalized spacial score (nSPS) is 9.64. The second kappa shape index (κ2) is 8.63. The van der Waals surface area contributed by atoms with Crippen molar-refractivity contribution in [3.8, 4) is 0 Å². The number of hydrogen-bond acceptors (Lipinski definition) is 2. The van der Waals surface area contributed by atoms with E-state index < -0.39 is 0 Å². The van der Waals surface area contributed by atoms with Crippen LogP contribution in [0.4, 0.5) is 10.5 Å². The number of benzene rings is 2. The Morgan fingerprint density at radius 3 is 2.23 bits per heavy atom. The van der Waals surface area contributed by atoms with Gasteiger partial charge in [-0.2, -0.15) is 0 Å². The van der Waals surface area contributed by atoms with E-state index in [2.05, 4.69) is 33.6 Å². The van der Waals surface area contributed by atoms with Crippen LogP contribution in [0.15, 0.2) is 60.7 Å². The van der Waals surface area contributed by atoms with Gasteiger partial charge in [0.1, 0.15) is 0 Å². The summed E-state index contributed by atoms with van der Waals surface area (Å²) in [5.41, 5.74) is 7.07. The molecule has 22 heavy (non-hydrogen) atoms. The molecule has 2 rings (SSSR count). The molecule has 0 spiro atoms. The summed E-state index contributed by atoms with van der Waals surface area (Å²) in [6, 6.07) is 18.9. The summed E-state index contributed by atoms with van der Waals surface area (Å²) in [7, 11) is 0. The first-order chi connectivity index (χ1) is 10.7. The van der Waals surface area contributed by atoms with Crippen LogP contribution < -0.4 is 21.5 Å². The Morgan fingerprint density at radius 2 is 1.55 bits per heavy atom. The van der Waals surface area contributed by atoms with Gasteiger partial charge in [-0.1, -0.05) is 48.5 Å². The van der Waals surface area contributed by atoms with Crippen LogP contribution in [0, 0.1) is 0 Å². The van der Waals surface area contributed by atoms with E-state index in [1.54, 1.807) is 12.1 Å². The van der Waals surface area contributed by atoms with Crippen LogP contribution in [-0.4, -0.2) is 17.7 Å². The predicted octanol–water partition coefficient (Wildman–Crippen LogP) is 2.43. The maximum atomic E-state index is 11.6. The molecule has 5 nitrogen and oxygen atoms in total. The number of thiocarbonyl (C=S) groups is 1. The molecule has 0 radical (unpaired) electrons. The Bertz CT molecular complexity index is 604. The lowest BCUT2D eigenvalue weighted by atomic mass is 10.1. The number of para-hydroxylation sites is 1. The lowest BCUT2D eigenvalue weighted by Crippen LogP contribution is -2.48. The van der Waals surface area contributed by atoms with Gasteiger partial charge in [0.05, 0.1) is 0 Å². The summed E-state index contributed by atoms with van der Waals surface area (Å²) >= 11 is 5.09. The van der Waals surface area contributed by atoms with Crippen LogP contribution in [0.2, 0.25) is 0 Å². The minimum Gasteiger partial charge on any atom is -0.361 e. The summed E-state index contributed by atoms with van der Waals surface area (Å²) in [4.78, 5) is 11.6. The first kappa shape index (κ1) is 15.8. The van der Waals surface area contributed by atoms with Gasteiger partial charge in [0.25, 0.3) is 0 Å². The second-order valence-electron chi connectivity index (χ2n) is 4.56. The van der Waals surface area contributed by atoms with E-state index in [1.165, 1.54) is 5.56 Å². The molecule has 0 unspecified atom stereocenters. The standard InChI is InChI=1S/C16H18N4OS/c21-15(18-14-9-5-2-6-10-14)19-20-16(22)17-12-11-13-7-3-1-4-8-13/h1-10H,11-12H2,(H2,17,20,22)(H2,18,19,21). The highest BCUT2D eigenvalue weighted by atomic mass is 32.1. The van der Waals surface area contributed by atoms with E-state index in [4.69, 9.17) is 12.2 Å². The molecule has 2 aromatic rings. The number of hydrogen-bond donors (Lipinski definition) is 4. The third-order valence-electron chi connectivity index (χ3n) is 2.86. The number of anilines is 1. The van der Waals surface area contributed by atoms with Crippen molar-refractivity contribution in [3.63, 3.8) is 0 Å². The Morgan fingerprint density at radius 1 is 0.909 bits per heavy atom. The molecule has 6 heteroatoms.